The van der Waals surface area contributed by atoms with Gasteiger partial charge in [-0.1, -0.05) is 46.3 Å². The van der Waals surface area contributed by atoms with Crippen LogP contribution < -0.4 is 5.43 Å². The highest BCUT2D eigenvalue weighted by atomic mass is 79.9. The van der Waals surface area contributed by atoms with E-state index in [1.165, 1.54) is 0 Å². The minimum atomic E-state index is -0.0260. The molecular formula is C14H8BrNO. The normalized spacial score (nSPS) is 10.9. The molecule has 3 aromatic rings. The topological polar surface area (TPSA) is 30.0 Å². The third-order valence-corrected chi connectivity index (χ3v) is 3.42. The van der Waals surface area contributed by atoms with Gasteiger partial charge >= 0.3 is 0 Å². The summed E-state index contributed by atoms with van der Waals surface area (Å²) in [5, 5.41) is 2.45. The first kappa shape index (κ1) is 10.4. The molecule has 0 spiro atoms. The maximum Gasteiger partial charge on any atom is 0.212 e. The first-order valence-electron chi connectivity index (χ1n) is 5.23. The van der Waals surface area contributed by atoms with Crippen LogP contribution in [0.15, 0.2) is 57.9 Å². The van der Waals surface area contributed by atoms with Crippen LogP contribution in [0.4, 0.5) is 0 Å². The van der Waals surface area contributed by atoms with Gasteiger partial charge in [0.25, 0.3) is 0 Å². The lowest BCUT2D eigenvalue weighted by atomic mass is 10.2. The second-order valence-electron chi connectivity index (χ2n) is 3.81. The molecule has 17 heavy (non-hydrogen) atoms. The fraction of sp³-hybridized carbons (Fsp3) is 0. The van der Waals surface area contributed by atoms with Crippen LogP contribution in [0.3, 0.4) is 0 Å². The summed E-state index contributed by atoms with van der Waals surface area (Å²) >= 11 is 3.52. The number of pyridine rings is 1. The summed E-state index contributed by atoms with van der Waals surface area (Å²) < 4.78 is 0.910. The number of hydrogen-bond acceptors (Lipinski definition) is 2. The van der Waals surface area contributed by atoms with E-state index in [1.807, 2.05) is 42.5 Å². The summed E-state index contributed by atoms with van der Waals surface area (Å²) in [7, 11) is 0. The Labute approximate surface area is 106 Å². The van der Waals surface area contributed by atoms with Gasteiger partial charge < -0.3 is 0 Å². The van der Waals surface area contributed by atoms with Crippen molar-refractivity contribution in [2.75, 3.05) is 0 Å². The predicted molar refractivity (Wildman–Crippen MR) is 73.2 cm³/mol. The summed E-state index contributed by atoms with van der Waals surface area (Å²) in [5.41, 5.74) is 0.483. The standard InChI is InChI=1S/C14H8BrNO/c15-12-8-9-4-3-7-16-13(9)14(17)11-6-2-1-5-10(11)12/h1-8H. The van der Waals surface area contributed by atoms with Gasteiger partial charge in [0.15, 0.2) is 0 Å². The Hall–Kier alpha value is -1.74. The van der Waals surface area contributed by atoms with Gasteiger partial charge in [0.1, 0.15) is 5.52 Å². The average Bonchev–Trinajstić information content (AvgIpc) is 2.48. The number of rotatable bonds is 0. The molecule has 0 fully saturated rings. The Morgan fingerprint density at radius 2 is 1.76 bits per heavy atom. The molecule has 1 heterocycles. The van der Waals surface area contributed by atoms with E-state index in [4.69, 9.17) is 0 Å². The van der Waals surface area contributed by atoms with Gasteiger partial charge in [-0.15, -0.1) is 0 Å². The summed E-state index contributed by atoms with van der Waals surface area (Å²) in [6.45, 7) is 0. The van der Waals surface area contributed by atoms with E-state index in [2.05, 4.69) is 20.9 Å². The predicted octanol–water partition coefficient (Wildman–Crippen LogP) is 3.51. The fourth-order valence-electron chi connectivity index (χ4n) is 1.96. The van der Waals surface area contributed by atoms with Gasteiger partial charge in [-0.3, -0.25) is 9.78 Å². The molecule has 0 saturated carbocycles. The monoisotopic (exact) mass is 285 g/mol. The number of aromatic nitrogens is 1. The molecule has 0 aliphatic carbocycles. The van der Waals surface area contributed by atoms with Crippen LogP contribution in [0.25, 0.3) is 21.7 Å². The zero-order chi connectivity index (χ0) is 11.8. The smallest absolute Gasteiger partial charge is 0.212 e. The van der Waals surface area contributed by atoms with Gasteiger partial charge in [-0.05, 0) is 17.5 Å². The zero-order valence-electron chi connectivity index (χ0n) is 8.85. The maximum atomic E-state index is 12.4. The zero-order valence-corrected chi connectivity index (χ0v) is 10.4. The van der Waals surface area contributed by atoms with Gasteiger partial charge in [-0.25, -0.2) is 0 Å². The molecule has 3 rings (SSSR count). The molecule has 0 unspecified atom stereocenters. The van der Waals surface area contributed by atoms with Crippen molar-refractivity contribution in [3.05, 3.63) is 63.4 Å². The van der Waals surface area contributed by atoms with Crippen molar-refractivity contribution in [3.63, 3.8) is 0 Å². The van der Waals surface area contributed by atoms with Crippen molar-refractivity contribution < 1.29 is 0 Å². The molecular weight excluding hydrogens is 278 g/mol. The quantitative estimate of drug-likeness (QED) is 0.633. The minimum absolute atomic E-state index is 0.0260. The molecule has 3 heteroatoms. The van der Waals surface area contributed by atoms with E-state index in [9.17, 15) is 4.79 Å². The van der Waals surface area contributed by atoms with Gasteiger partial charge in [-0.2, -0.15) is 0 Å². The molecule has 82 valence electrons. The second-order valence-corrected chi connectivity index (χ2v) is 4.66. The van der Waals surface area contributed by atoms with Crippen molar-refractivity contribution in [1.82, 2.24) is 4.98 Å². The van der Waals surface area contributed by atoms with E-state index in [0.717, 1.165) is 15.2 Å². The van der Waals surface area contributed by atoms with Crippen LogP contribution in [0.2, 0.25) is 0 Å². The molecule has 0 radical (unpaired) electrons. The highest BCUT2D eigenvalue weighted by Gasteiger charge is 2.05. The van der Waals surface area contributed by atoms with E-state index >= 15 is 0 Å². The Morgan fingerprint density at radius 1 is 1.00 bits per heavy atom. The Bertz CT molecular complexity index is 783. The van der Waals surface area contributed by atoms with Crippen LogP contribution in [0, 0.1) is 0 Å². The molecule has 2 aromatic carbocycles. The van der Waals surface area contributed by atoms with E-state index in [1.54, 1.807) is 6.20 Å². The van der Waals surface area contributed by atoms with Crippen LogP contribution in [-0.4, -0.2) is 4.98 Å². The van der Waals surface area contributed by atoms with Gasteiger partial charge in [0.05, 0.1) is 0 Å². The SMILES string of the molecule is O=c1c2ccccc2c(Br)cc2cccnc12. The molecule has 0 aliphatic heterocycles. The first-order chi connectivity index (χ1) is 8.27. The molecule has 0 saturated heterocycles. The highest BCUT2D eigenvalue weighted by molar-refractivity contribution is 9.10. The average molecular weight is 286 g/mol. The lowest BCUT2D eigenvalue weighted by molar-refractivity contribution is 1.41. The molecule has 0 bridgehead atoms. The van der Waals surface area contributed by atoms with Crippen LogP contribution >= 0.6 is 15.9 Å². The number of hydrogen-bond donors (Lipinski definition) is 0. The summed E-state index contributed by atoms with van der Waals surface area (Å²) in [5.74, 6) is 0. The van der Waals surface area contributed by atoms with Gasteiger partial charge in [0.2, 0.25) is 5.43 Å². The maximum absolute atomic E-state index is 12.4. The lowest BCUT2D eigenvalue weighted by Gasteiger charge is -1.91. The molecule has 0 amide bonds. The largest absolute Gasteiger partial charge is 0.287 e. The van der Waals surface area contributed by atoms with E-state index in [0.29, 0.717) is 10.9 Å². The minimum Gasteiger partial charge on any atom is -0.287 e. The van der Waals surface area contributed by atoms with Gasteiger partial charge in [0, 0.05) is 21.4 Å². The fourth-order valence-corrected chi connectivity index (χ4v) is 2.55. The Balaban J connectivity index is 2.73. The van der Waals surface area contributed by atoms with Crippen molar-refractivity contribution in [1.29, 1.82) is 0 Å². The molecule has 0 aliphatic rings. The molecule has 1 aromatic heterocycles. The van der Waals surface area contributed by atoms with Crippen molar-refractivity contribution in [3.8, 4) is 0 Å². The number of nitrogens with zero attached hydrogens (tertiary/aromatic N) is 1. The van der Waals surface area contributed by atoms with Crippen LogP contribution in [0.1, 0.15) is 0 Å². The van der Waals surface area contributed by atoms with Crippen LogP contribution in [0.5, 0.6) is 0 Å². The lowest BCUT2D eigenvalue weighted by Crippen LogP contribution is -1.99. The third-order valence-electron chi connectivity index (χ3n) is 2.77. The Morgan fingerprint density at radius 3 is 2.59 bits per heavy atom. The first-order valence-corrected chi connectivity index (χ1v) is 6.03. The molecule has 2 nitrogen and oxygen atoms in total. The summed E-state index contributed by atoms with van der Waals surface area (Å²) in [4.78, 5) is 16.5. The second kappa shape index (κ2) is 3.93. The van der Waals surface area contributed by atoms with Crippen molar-refractivity contribution in [2.45, 2.75) is 0 Å². The number of benzene rings is 1. The van der Waals surface area contributed by atoms with Crippen molar-refractivity contribution in [2.24, 2.45) is 0 Å². The van der Waals surface area contributed by atoms with Crippen molar-refractivity contribution >= 4 is 37.6 Å². The third kappa shape index (κ3) is 1.63. The number of fused-ring (bicyclic) bond motifs is 2. The van der Waals surface area contributed by atoms with E-state index in [-0.39, 0.29) is 5.43 Å². The summed E-state index contributed by atoms with van der Waals surface area (Å²) in [6, 6.07) is 13.2. The molecule has 0 N–H and O–H groups in total. The number of halogens is 1. The Kier molecular flexibility index (Phi) is 2.41. The van der Waals surface area contributed by atoms with E-state index < -0.39 is 0 Å². The summed E-state index contributed by atoms with van der Waals surface area (Å²) in [6.07, 6.45) is 1.65. The molecule has 0 atom stereocenters. The highest BCUT2D eigenvalue weighted by Crippen LogP contribution is 2.23. The van der Waals surface area contributed by atoms with Crippen LogP contribution in [-0.2, 0) is 0 Å².